The largest absolute Gasteiger partial charge is 0.387 e. The first-order valence-corrected chi connectivity index (χ1v) is 14.6. The first-order chi connectivity index (χ1) is 18.4. The quantitative estimate of drug-likeness (QED) is 0.244. The second-order valence-electron chi connectivity index (χ2n) is 9.47. The fraction of sp³-hybridized carbons (Fsp3) is 0.387. The topological polar surface area (TPSA) is 79.0 Å². The Labute approximate surface area is 231 Å². The van der Waals surface area contributed by atoms with E-state index in [9.17, 15) is 9.59 Å². The van der Waals surface area contributed by atoms with E-state index in [0.717, 1.165) is 78.2 Å². The number of aliphatic imine (C=N–C) groups is 1. The number of amides is 1. The van der Waals surface area contributed by atoms with E-state index < -0.39 is 0 Å². The van der Waals surface area contributed by atoms with Gasteiger partial charge in [-0.1, -0.05) is 45.0 Å². The molecule has 6 nitrogen and oxygen atoms in total. The van der Waals surface area contributed by atoms with Crippen molar-refractivity contribution in [1.82, 2.24) is 9.80 Å². The zero-order valence-electron chi connectivity index (χ0n) is 23.1. The molecular weight excluding hydrogens is 492 g/mol. The van der Waals surface area contributed by atoms with Crippen LogP contribution < -0.4 is 5.73 Å². The highest BCUT2D eigenvalue weighted by atomic mass is 32.2. The summed E-state index contributed by atoms with van der Waals surface area (Å²) in [5.74, 6) is 2.63. The number of hydrogen-bond donors (Lipinski definition) is 1. The van der Waals surface area contributed by atoms with Gasteiger partial charge in [0.25, 0.3) is 0 Å². The molecule has 0 aliphatic carbocycles. The Kier molecular flexibility index (Phi) is 11.2. The van der Waals surface area contributed by atoms with Crippen LogP contribution in [-0.2, 0) is 4.79 Å². The van der Waals surface area contributed by atoms with Gasteiger partial charge in [-0.25, -0.2) is 4.99 Å². The van der Waals surface area contributed by atoms with Gasteiger partial charge in [-0.3, -0.25) is 9.59 Å². The highest BCUT2D eigenvalue weighted by Gasteiger charge is 2.21. The van der Waals surface area contributed by atoms with Gasteiger partial charge >= 0.3 is 0 Å². The zero-order chi connectivity index (χ0) is 27.5. The standard InChI is InChI=1S/C31H40N4O2S/c1-5-13-35(14-6-2)31(37)28-19-26-10-8-24(20-29(26)33-30(32)21-28)23-9-11-27(22-36)25(18-23)12-15-34(4)16-17-38-7-3/h8-12,15,18-20,22H,5-7,13-14,16-17,21H2,1-4H3,(H2,32,33)/b15-12-. The minimum absolute atomic E-state index is 0.0305. The van der Waals surface area contributed by atoms with Gasteiger partial charge in [-0.2, -0.15) is 11.8 Å². The smallest absolute Gasteiger partial charge is 0.250 e. The molecule has 2 aromatic rings. The summed E-state index contributed by atoms with van der Waals surface area (Å²) in [5.41, 5.74) is 12.0. The Morgan fingerprint density at radius 1 is 1.03 bits per heavy atom. The average molecular weight is 533 g/mol. The van der Waals surface area contributed by atoms with Crippen LogP contribution in [0.2, 0.25) is 0 Å². The maximum atomic E-state index is 13.3. The second kappa shape index (κ2) is 14.6. The van der Waals surface area contributed by atoms with Crippen LogP contribution in [-0.4, -0.2) is 66.0 Å². The molecule has 0 bridgehead atoms. The summed E-state index contributed by atoms with van der Waals surface area (Å²) in [7, 11) is 2.04. The highest BCUT2D eigenvalue weighted by molar-refractivity contribution is 7.99. The maximum absolute atomic E-state index is 13.3. The minimum Gasteiger partial charge on any atom is -0.387 e. The molecular formula is C31H40N4O2S. The van der Waals surface area contributed by atoms with E-state index in [-0.39, 0.29) is 5.91 Å². The van der Waals surface area contributed by atoms with Crippen LogP contribution in [0.1, 0.15) is 61.5 Å². The first kappa shape index (κ1) is 29.2. The van der Waals surface area contributed by atoms with Crippen LogP contribution >= 0.6 is 11.8 Å². The van der Waals surface area contributed by atoms with Gasteiger partial charge in [0, 0.05) is 55.6 Å². The number of nitrogens with zero attached hydrogens (tertiary/aromatic N) is 3. The number of carbonyl (C=O) groups is 2. The van der Waals surface area contributed by atoms with E-state index >= 15 is 0 Å². The van der Waals surface area contributed by atoms with Crippen molar-refractivity contribution in [3.8, 4) is 11.1 Å². The summed E-state index contributed by atoms with van der Waals surface area (Å²) in [6.07, 6.45) is 8.99. The third-order valence-corrected chi connectivity index (χ3v) is 7.27. The van der Waals surface area contributed by atoms with E-state index in [4.69, 9.17) is 5.73 Å². The van der Waals surface area contributed by atoms with E-state index in [0.29, 0.717) is 23.4 Å². The van der Waals surface area contributed by atoms with Crippen LogP contribution in [0.15, 0.2) is 53.2 Å². The zero-order valence-corrected chi connectivity index (χ0v) is 23.9. The van der Waals surface area contributed by atoms with Crippen LogP contribution in [0.3, 0.4) is 0 Å². The van der Waals surface area contributed by atoms with Gasteiger partial charge in [0.05, 0.1) is 5.69 Å². The van der Waals surface area contributed by atoms with Crippen molar-refractivity contribution in [2.45, 2.75) is 40.0 Å². The van der Waals surface area contributed by atoms with Gasteiger partial charge < -0.3 is 15.5 Å². The van der Waals surface area contributed by atoms with Crippen molar-refractivity contribution in [3.63, 3.8) is 0 Å². The summed E-state index contributed by atoms with van der Waals surface area (Å²) in [5, 5.41) is 0. The molecule has 1 amide bonds. The Morgan fingerprint density at radius 3 is 2.42 bits per heavy atom. The third-order valence-electron chi connectivity index (χ3n) is 6.39. The molecule has 0 aromatic heterocycles. The van der Waals surface area contributed by atoms with Gasteiger partial charge in [-0.05, 0) is 65.8 Å². The molecule has 0 spiro atoms. The van der Waals surface area contributed by atoms with Gasteiger partial charge in [0.1, 0.15) is 5.84 Å². The molecule has 0 atom stereocenters. The molecule has 0 radical (unpaired) electrons. The Morgan fingerprint density at radius 2 is 1.74 bits per heavy atom. The van der Waals surface area contributed by atoms with Gasteiger partial charge in [0.2, 0.25) is 5.91 Å². The molecule has 0 saturated heterocycles. The normalized spacial score (nSPS) is 12.9. The lowest BCUT2D eigenvalue weighted by atomic mass is 9.97. The van der Waals surface area contributed by atoms with Crippen molar-refractivity contribution in [3.05, 3.63) is 64.9 Å². The minimum atomic E-state index is 0.0305. The molecule has 202 valence electrons. The number of hydrogen-bond acceptors (Lipinski definition) is 6. The Balaban J connectivity index is 1.91. The molecule has 2 aromatic carbocycles. The number of rotatable bonds is 13. The third kappa shape index (κ3) is 7.84. The molecule has 1 aliphatic heterocycles. The van der Waals surface area contributed by atoms with Crippen molar-refractivity contribution in [2.24, 2.45) is 10.7 Å². The number of benzene rings is 2. The summed E-state index contributed by atoms with van der Waals surface area (Å²) in [6.45, 7) is 8.73. The van der Waals surface area contributed by atoms with Crippen molar-refractivity contribution >= 4 is 47.6 Å². The van der Waals surface area contributed by atoms with Crippen LogP contribution in [0.25, 0.3) is 23.3 Å². The Hall–Kier alpha value is -3.32. The SMILES string of the molecule is CCCN(CCC)C(=O)C1=Cc2ccc(-c3ccc(C=O)c(/C=C\N(C)CCSCC)c3)cc2N=C(N)C1. The predicted molar refractivity (Wildman–Crippen MR) is 163 cm³/mol. The molecule has 7 heteroatoms. The van der Waals surface area contributed by atoms with Crippen LogP contribution in [0.4, 0.5) is 5.69 Å². The predicted octanol–water partition coefficient (Wildman–Crippen LogP) is 6.25. The first-order valence-electron chi connectivity index (χ1n) is 13.4. The van der Waals surface area contributed by atoms with E-state index in [1.54, 1.807) is 0 Å². The maximum Gasteiger partial charge on any atom is 0.250 e. The number of amidine groups is 1. The molecule has 38 heavy (non-hydrogen) atoms. The molecule has 1 aliphatic rings. The van der Waals surface area contributed by atoms with Gasteiger partial charge in [0.15, 0.2) is 6.29 Å². The molecule has 0 saturated carbocycles. The number of thioether (sulfide) groups is 1. The summed E-state index contributed by atoms with van der Waals surface area (Å²) in [6, 6.07) is 11.9. The van der Waals surface area contributed by atoms with Crippen LogP contribution in [0.5, 0.6) is 0 Å². The fourth-order valence-corrected chi connectivity index (χ4v) is 5.11. The average Bonchev–Trinajstić information content (AvgIpc) is 3.08. The number of fused-ring (bicyclic) bond motifs is 1. The summed E-state index contributed by atoms with van der Waals surface area (Å²) < 4.78 is 0. The molecule has 1 heterocycles. The van der Waals surface area contributed by atoms with Crippen LogP contribution in [0, 0.1) is 0 Å². The van der Waals surface area contributed by atoms with E-state index in [1.807, 2.05) is 78.5 Å². The lowest BCUT2D eigenvalue weighted by Gasteiger charge is -2.22. The molecule has 0 unspecified atom stereocenters. The molecule has 3 rings (SSSR count). The van der Waals surface area contributed by atoms with Crippen molar-refractivity contribution in [2.75, 3.05) is 38.2 Å². The summed E-state index contributed by atoms with van der Waals surface area (Å²) >= 11 is 1.91. The number of carbonyl (C=O) groups excluding carboxylic acids is 2. The molecule has 0 fully saturated rings. The van der Waals surface area contributed by atoms with Gasteiger partial charge in [-0.15, -0.1) is 0 Å². The highest BCUT2D eigenvalue weighted by Crippen LogP contribution is 2.33. The van der Waals surface area contributed by atoms with Crippen molar-refractivity contribution < 1.29 is 9.59 Å². The lowest BCUT2D eigenvalue weighted by molar-refractivity contribution is -0.127. The lowest BCUT2D eigenvalue weighted by Crippen LogP contribution is -2.34. The Bertz CT molecular complexity index is 1210. The fourth-order valence-electron chi connectivity index (χ4n) is 4.41. The van der Waals surface area contributed by atoms with E-state index in [1.165, 1.54) is 0 Å². The monoisotopic (exact) mass is 532 g/mol. The molecule has 2 N–H and O–H groups in total. The number of nitrogens with two attached hydrogens (primary N) is 1. The van der Waals surface area contributed by atoms with Crippen molar-refractivity contribution in [1.29, 1.82) is 0 Å². The van der Waals surface area contributed by atoms with E-state index in [2.05, 4.69) is 30.7 Å². The summed E-state index contributed by atoms with van der Waals surface area (Å²) in [4.78, 5) is 33.7. The number of aldehydes is 1. The second-order valence-corrected chi connectivity index (χ2v) is 10.9.